The summed E-state index contributed by atoms with van der Waals surface area (Å²) < 4.78 is 18.8. The van der Waals surface area contributed by atoms with E-state index in [0.717, 1.165) is 11.3 Å². The Labute approximate surface area is 117 Å². The van der Waals surface area contributed by atoms with Gasteiger partial charge in [-0.1, -0.05) is 35.9 Å². The summed E-state index contributed by atoms with van der Waals surface area (Å²) in [6.45, 7) is 0.948. The molecule has 2 aromatic rings. The first-order chi connectivity index (χ1) is 9.20. The van der Waals surface area contributed by atoms with Gasteiger partial charge in [-0.2, -0.15) is 0 Å². The van der Waals surface area contributed by atoms with Crippen LogP contribution in [-0.4, -0.2) is 7.11 Å². The quantitative estimate of drug-likeness (QED) is 0.884. The highest BCUT2D eigenvalue weighted by Crippen LogP contribution is 2.19. The van der Waals surface area contributed by atoms with Gasteiger partial charge in [-0.25, -0.2) is 4.39 Å². The number of rotatable bonds is 5. The van der Waals surface area contributed by atoms with Crippen molar-refractivity contribution in [3.8, 4) is 0 Å². The summed E-state index contributed by atoms with van der Waals surface area (Å²) in [6, 6.07) is 12.8. The number of ether oxygens (including phenoxy) is 1. The molecule has 0 unspecified atom stereocenters. The normalized spacial score (nSPS) is 10.5. The third-order valence-corrected chi connectivity index (χ3v) is 3.04. The van der Waals surface area contributed by atoms with Crippen LogP contribution in [0.4, 0.5) is 10.1 Å². The first kappa shape index (κ1) is 13.8. The molecular formula is C15H15ClFNO. The molecule has 0 amide bonds. The van der Waals surface area contributed by atoms with Gasteiger partial charge in [0.15, 0.2) is 0 Å². The highest BCUT2D eigenvalue weighted by Gasteiger charge is 2.05. The first-order valence-corrected chi connectivity index (χ1v) is 6.33. The lowest BCUT2D eigenvalue weighted by molar-refractivity contribution is 0.185. The molecule has 0 saturated carbocycles. The molecule has 2 rings (SSSR count). The van der Waals surface area contributed by atoms with Crippen LogP contribution in [0.1, 0.15) is 11.1 Å². The highest BCUT2D eigenvalue weighted by molar-refractivity contribution is 6.30. The fourth-order valence-electron chi connectivity index (χ4n) is 1.82. The molecule has 0 aromatic heterocycles. The Kier molecular flexibility index (Phi) is 4.77. The molecule has 0 heterocycles. The third kappa shape index (κ3) is 3.69. The van der Waals surface area contributed by atoms with Gasteiger partial charge in [0, 0.05) is 24.9 Å². The van der Waals surface area contributed by atoms with Crippen LogP contribution >= 0.6 is 11.6 Å². The van der Waals surface area contributed by atoms with Crippen LogP contribution in [0.25, 0.3) is 0 Å². The predicted octanol–water partition coefficient (Wildman–Crippen LogP) is 4.24. The third-order valence-electron chi connectivity index (χ3n) is 2.75. The van der Waals surface area contributed by atoms with Crippen molar-refractivity contribution in [2.45, 2.75) is 13.2 Å². The number of anilines is 1. The van der Waals surface area contributed by atoms with Crippen molar-refractivity contribution in [3.63, 3.8) is 0 Å². The molecule has 0 radical (unpaired) electrons. The maximum absolute atomic E-state index is 13.7. The second-order valence-corrected chi connectivity index (χ2v) is 4.61. The summed E-state index contributed by atoms with van der Waals surface area (Å²) in [6.07, 6.45) is 0. The van der Waals surface area contributed by atoms with Crippen molar-refractivity contribution >= 4 is 17.3 Å². The molecule has 0 aliphatic rings. The van der Waals surface area contributed by atoms with E-state index in [1.165, 1.54) is 0 Å². The topological polar surface area (TPSA) is 21.3 Å². The molecule has 2 nitrogen and oxygen atoms in total. The van der Waals surface area contributed by atoms with E-state index in [0.29, 0.717) is 18.7 Å². The number of hydrogen-bond donors (Lipinski definition) is 1. The lowest BCUT2D eigenvalue weighted by Crippen LogP contribution is -2.02. The molecule has 0 spiro atoms. The fraction of sp³-hybridized carbons (Fsp3) is 0.200. The van der Waals surface area contributed by atoms with Crippen LogP contribution in [0.2, 0.25) is 5.02 Å². The van der Waals surface area contributed by atoms with Crippen LogP contribution in [0.5, 0.6) is 0 Å². The van der Waals surface area contributed by atoms with E-state index in [4.69, 9.17) is 16.3 Å². The van der Waals surface area contributed by atoms with E-state index in [1.54, 1.807) is 25.3 Å². The first-order valence-electron chi connectivity index (χ1n) is 5.95. The fourth-order valence-corrected chi connectivity index (χ4v) is 2.01. The van der Waals surface area contributed by atoms with E-state index >= 15 is 0 Å². The van der Waals surface area contributed by atoms with Gasteiger partial charge in [0.1, 0.15) is 5.82 Å². The number of methoxy groups -OCH3 is 1. The van der Waals surface area contributed by atoms with E-state index < -0.39 is 0 Å². The standard InChI is InChI=1S/C15H15ClFNO/c1-19-10-11-4-2-6-13(8-11)18-9-12-5-3-7-14(16)15(12)17/h2-8,18H,9-10H2,1H3. The van der Waals surface area contributed by atoms with Gasteiger partial charge in [-0.05, 0) is 23.8 Å². The Bertz CT molecular complexity index is 560. The average Bonchev–Trinajstić information content (AvgIpc) is 2.41. The number of hydrogen-bond acceptors (Lipinski definition) is 2. The molecule has 1 N–H and O–H groups in total. The number of halogens is 2. The maximum atomic E-state index is 13.7. The Hall–Kier alpha value is -1.58. The SMILES string of the molecule is COCc1cccc(NCc2cccc(Cl)c2F)c1. The Balaban J connectivity index is 2.06. The van der Waals surface area contributed by atoms with Gasteiger partial charge >= 0.3 is 0 Å². The molecule has 0 aliphatic heterocycles. The monoisotopic (exact) mass is 279 g/mol. The van der Waals surface area contributed by atoms with Gasteiger partial charge in [-0.3, -0.25) is 0 Å². The van der Waals surface area contributed by atoms with Crippen molar-refractivity contribution in [3.05, 3.63) is 64.4 Å². The summed E-state index contributed by atoms with van der Waals surface area (Å²) in [5.41, 5.74) is 2.54. The zero-order valence-corrected chi connectivity index (χ0v) is 11.4. The molecule has 0 atom stereocenters. The zero-order valence-electron chi connectivity index (χ0n) is 10.6. The van der Waals surface area contributed by atoms with Crippen LogP contribution in [-0.2, 0) is 17.9 Å². The summed E-state index contributed by atoms with van der Waals surface area (Å²) in [7, 11) is 1.65. The van der Waals surface area contributed by atoms with Crippen molar-refractivity contribution in [2.75, 3.05) is 12.4 Å². The highest BCUT2D eigenvalue weighted by atomic mass is 35.5. The lowest BCUT2D eigenvalue weighted by atomic mass is 10.2. The van der Waals surface area contributed by atoms with Crippen LogP contribution in [0.3, 0.4) is 0 Å². The smallest absolute Gasteiger partial charge is 0.146 e. The molecular weight excluding hydrogens is 265 g/mol. The zero-order chi connectivity index (χ0) is 13.7. The van der Waals surface area contributed by atoms with Gasteiger partial charge in [0.25, 0.3) is 0 Å². The van der Waals surface area contributed by atoms with E-state index in [9.17, 15) is 4.39 Å². The Morgan fingerprint density at radius 3 is 2.79 bits per heavy atom. The van der Waals surface area contributed by atoms with Crippen LogP contribution in [0.15, 0.2) is 42.5 Å². The predicted molar refractivity (Wildman–Crippen MR) is 75.9 cm³/mol. The minimum absolute atomic E-state index is 0.146. The second-order valence-electron chi connectivity index (χ2n) is 4.20. The average molecular weight is 280 g/mol. The van der Waals surface area contributed by atoms with E-state index in [-0.39, 0.29) is 10.8 Å². The Morgan fingerprint density at radius 2 is 2.00 bits per heavy atom. The molecule has 2 aromatic carbocycles. The molecule has 0 saturated heterocycles. The van der Waals surface area contributed by atoms with Gasteiger partial charge in [0.05, 0.1) is 11.6 Å². The van der Waals surface area contributed by atoms with E-state index in [2.05, 4.69) is 5.32 Å². The summed E-state index contributed by atoms with van der Waals surface area (Å²) in [5, 5.41) is 3.32. The Morgan fingerprint density at radius 1 is 1.21 bits per heavy atom. The molecule has 100 valence electrons. The van der Waals surface area contributed by atoms with Crippen LogP contribution in [0, 0.1) is 5.82 Å². The summed E-state index contributed by atoms with van der Waals surface area (Å²) in [5.74, 6) is -0.371. The molecule has 19 heavy (non-hydrogen) atoms. The molecule has 0 aliphatic carbocycles. The molecule has 0 bridgehead atoms. The van der Waals surface area contributed by atoms with Crippen molar-refractivity contribution < 1.29 is 9.13 Å². The summed E-state index contributed by atoms with van der Waals surface area (Å²) in [4.78, 5) is 0. The van der Waals surface area contributed by atoms with Crippen molar-refractivity contribution in [1.29, 1.82) is 0 Å². The minimum atomic E-state index is -0.371. The largest absolute Gasteiger partial charge is 0.381 e. The number of benzene rings is 2. The van der Waals surface area contributed by atoms with E-state index in [1.807, 2.05) is 24.3 Å². The van der Waals surface area contributed by atoms with Crippen LogP contribution < -0.4 is 5.32 Å². The lowest BCUT2D eigenvalue weighted by Gasteiger charge is -2.09. The second kappa shape index (κ2) is 6.55. The van der Waals surface area contributed by atoms with Gasteiger partial charge in [0.2, 0.25) is 0 Å². The summed E-state index contributed by atoms with van der Waals surface area (Å²) >= 11 is 5.74. The molecule has 0 fully saturated rings. The minimum Gasteiger partial charge on any atom is -0.381 e. The maximum Gasteiger partial charge on any atom is 0.146 e. The van der Waals surface area contributed by atoms with Crippen molar-refractivity contribution in [1.82, 2.24) is 0 Å². The number of nitrogens with one attached hydrogen (secondary N) is 1. The van der Waals surface area contributed by atoms with Crippen molar-refractivity contribution in [2.24, 2.45) is 0 Å². The van der Waals surface area contributed by atoms with Gasteiger partial charge in [-0.15, -0.1) is 0 Å². The molecule has 4 heteroatoms. The van der Waals surface area contributed by atoms with Gasteiger partial charge < -0.3 is 10.1 Å².